The van der Waals surface area contributed by atoms with Gasteiger partial charge in [0.05, 0.1) is 36.7 Å². The quantitative estimate of drug-likeness (QED) is 0.210. The van der Waals surface area contributed by atoms with Gasteiger partial charge in [0.15, 0.2) is 0 Å². The summed E-state index contributed by atoms with van der Waals surface area (Å²) in [5.41, 5.74) is 8.91. The summed E-state index contributed by atoms with van der Waals surface area (Å²) in [7, 11) is -1.21. The summed E-state index contributed by atoms with van der Waals surface area (Å²) in [5.74, 6) is 0.0940. The summed E-state index contributed by atoms with van der Waals surface area (Å²) in [4.78, 5) is 13.1. The van der Waals surface area contributed by atoms with Crippen LogP contribution in [0.2, 0.25) is 0 Å². The highest BCUT2D eigenvalue weighted by atomic mass is 32.2. The van der Waals surface area contributed by atoms with Crippen LogP contribution >= 0.6 is 0 Å². The second-order valence-electron chi connectivity index (χ2n) is 9.56. The van der Waals surface area contributed by atoms with Crippen molar-refractivity contribution >= 4 is 27.8 Å². The lowest BCUT2D eigenvalue weighted by Crippen LogP contribution is -2.39. The number of ether oxygens (including phenoxy) is 2. The first-order chi connectivity index (χ1) is 19.6. The lowest BCUT2D eigenvalue weighted by Gasteiger charge is -2.25. The average Bonchev–Trinajstić information content (AvgIpc) is 3.24. The zero-order valence-corrected chi connectivity index (χ0v) is 24.8. The SMILES string of the molecule is COc1ccc(N(CC(=O)N/N=C\c2cc(C)n(-c3c(C)cccc3C)c2C)S(=O)(=O)c2ccccc2)c(OC)c1. The smallest absolute Gasteiger partial charge is 0.264 e. The van der Waals surface area contributed by atoms with Crippen LogP contribution in [0.25, 0.3) is 5.69 Å². The number of carbonyl (C=O) groups is 1. The number of hydrazone groups is 1. The van der Waals surface area contributed by atoms with Crippen molar-refractivity contribution in [2.45, 2.75) is 32.6 Å². The van der Waals surface area contributed by atoms with E-state index in [1.165, 1.54) is 32.4 Å². The van der Waals surface area contributed by atoms with Gasteiger partial charge >= 0.3 is 0 Å². The third kappa shape index (κ3) is 6.12. The van der Waals surface area contributed by atoms with Gasteiger partial charge in [0.2, 0.25) is 0 Å². The van der Waals surface area contributed by atoms with Crippen molar-refractivity contribution in [1.82, 2.24) is 9.99 Å². The fourth-order valence-electron chi connectivity index (χ4n) is 4.77. The van der Waals surface area contributed by atoms with E-state index < -0.39 is 22.5 Å². The Morgan fingerprint density at radius 1 is 0.927 bits per heavy atom. The first kappa shape index (κ1) is 29.4. The maximum absolute atomic E-state index is 13.7. The van der Waals surface area contributed by atoms with Gasteiger partial charge in [-0.25, -0.2) is 13.8 Å². The van der Waals surface area contributed by atoms with E-state index in [1.54, 1.807) is 36.5 Å². The summed E-state index contributed by atoms with van der Waals surface area (Å²) in [5, 5.41) is 4.16. The predicted molar refractivity (Wildman–Crippen MR) is 161 cm³/mol. The molecule has 0 bridgehead atoms. The number of nitrogens with one attached hydrogen (secondary N) is 1. The molecule has 214 valence electrons. The highest BCUT2D eigenvalue weighted by Crippen LogP contribution is 2.35. The van der Waals surface area contributed by atoms with Gasteiger partial charge in [-0.15, -0.1) is 0 Å². The average molecular weight is 575 g/mol. The molecular formula is C31H34N4O5S. The molecule has 0 saturated heterocycles. The number of benzene rings is 3. The van der Waals surface area contributed by atoms with Crippen LogP contribution in [0.3, 0.4) is 0 Å². The Bertz CT molecular complexity index is 1670. The maximum Gasteiger partial charge on any atom is 0.264 e. The molecule has 9 nitrogen and oxygen atoms in total. The minimum atomic E-state index is -4.13. The standard InChI is InChI=1S/C31H34N4O5S/c1-21-11-10-12-22(2)31(21)35-23(3)17-25(24(35)4)19-32-33-30(36)20-34(41(37,38)27-13-8-7-9-14-27)28-16-15-26(39-5)18-29(28)40-6/h7-19H,20H2,1-6H3,(H,33,36)/b32-19-. The number of methoxy groups -OCH3 is 2. The molecule has 1 heterocycles. The number of amides is 1. The van der Waals surface area contributed by atoms with E-state index >= 15 is 0 Å². The zero-order chi connectivity index (χ0) is 29.7. The van der Waals surface area contributed by atoms with Gasteiger partial charge in [-0.2, -0.15) is 5.10 Å². The molecule has 0 aliphatic heterocycles. The lowest BCUT2D eigenvalue weighted by atomic mass is 10.1. The molecule has 10 heteroatoms. The van der Waals surface area contributed by atoms with E-state index in [2.05, 4.69) is 41.1 Å². The predicted octanol–water partition coefficient (Wildman–Crippen LogP) is 5.07. The number of hydrogen-bond donors (Lipinski definition) is 1. The van der Waals surface area contributed by atoms with Crippen molar-refractivity contribution < 1.29 is 22.7 Å². The van der Waals surface area contributed by atoms with Gasteiger partial charge in [0, 0.05) is 23.0 Å². The van der Waals surface area contributed by atoms with Crippen LogP contribution in [-0.2, 0) is 14.8 Å². The maximum atomic E-state index is 13.7. The van der Waals surface area contributed by atoms with E-state index in [1.807, 2.05) is 26.0 Å². The van der Waals surface area contributed by atoms with Crippen LogP contribution in [-0.4, -0.2) is 45.9 Å². The van der Waals surface area contributed by atoms with Crippen molar-refractivity contribution in [2.75, 3.05) is 25.1 Å². The highest BCUT2D eigenvalue weighted by Gasteiger charge is 2.29. The van der Waals surface area contributed by atoms with Crippen molar-refractivity contribution in [1.29, 1.82) is 0 Å². The molecule has 1 N–H and O–H groups in total. The van der Waals surface area contributed by atoms with Gasteiger partial charge in [-0.3, -0.25) is 9.10 Å². The lowest BCUT2D eigenvalue weighted by molar-refractivity contribution is -0.119. The van der Waals surface area contributed by atoms with Gasteiger partial charge < -0.3 is 14.0 Å². The van der Waals surface area contributed by atoms with Crippen LogP contribution < -0.4 is 19.2 Å². The summed E-state index contributed by atoms with van der Waals surface area (Å²) in [6.45, 7) is 7.62. The topological polar surface area (TPSA) is 102 Å². The second kappa shape index (κ2) is 12.3. The Labute approximate surface area is 241 Å². The van der Waals surface area contributed by atoms with Crippen LogP contribution in [0, 0.1) is 27.7 Å². The Hall–Kier alpha value is -4.57. The fraction of sp³-hybridized carbons (Fsp3) is 0.226. The second-order valence-corrected chi connectivity index (χ2v) is 11.4. The first-order valence-corrected chi connectivity index (χ1v) is 14.4. The molecule has 1 aromatic heterocycles. The number of aromatic nitrogens is 1. The minimum absolute atomic E-state index is 0.0353. The monoisotopic (exact) mass is 574 g/mol. The largest absolute Gasteiger partial charge is 0.497 e. The summed E-state index contributed by atoms with van der Waals surface area (Å²) < 4.78 is 41.2. The van der Waals surface area contributed by atoms with Crippen LogP contribution in [0.4, 0.5) is 5.69 Å². The Balaban J connectivity index is 1.62. The minimum Gasteiger partial charge on any atom is -0.497 e. The fourth-order valence-corrected chi connectivity index (χ4v) is 6.22. The van der Waals surface area contributed by atoms with Crippen LogP contribution in [0.15, 0.2) is 82.8 Å². The third-order valence-electron chi connectivity index (χ3n) is 6.80. The first-order valence-electron chi connectivity index (χ1n) is 13.0. The van der Waals surface area contributed by atoms with Crippen LogP contribution in [0.5, 0.6) is 11.5 Å². The van der Waals surface area contributed by atoms with Crippen LogP contribution in [0.1, 0.15) is 28.1 Å². The molecule has 0 radical (unpaired) electrons. The van der Waals surface area contributed by atoms with E-state index in [-0.39, 0.29) is 16.3 Å². The van der Waals surface area contributed by atoms with Gasteiger partial charge in [0.25, 0.3) is 15.9 Å². The molecular weight excluding hydrogens is 540 g/mol. The molecule has 0 unspecified atom stereocenters. The molecule has 0 fully saturated rings. The zero-order valence-electron chi connectivity index (χ0n) is 24.0. The number of aryl methyl sites for hydroxylation is 3. The summed E-state index contributed by atoms with van der Waals surface area (Å²) >= 11 is 0. The number of anilines is 1. The van der Waals surface area contributed by atoms with E-state index in [9.17, 15) is 13.2 Å². The number of nitrogens with zero attached hydrogens (tertiary/aromatic N) is 3. The highest BCUT2D eigenvalue weighted by molar-refractivity contribution is 7.92. The number of rotatable bonds is 10. The summed E-state index contributed by atoms with van der Waals surface area (Å²) in [6, 6.07) is 20.8. The molecule has 4 rings (SSSR count). The van der Waals surface area contributed by atoms with Gasteiger partial charge in [-0.1, -0.05) is 36.4 Å². The van der Waals surface area contributed by atoms with Crippen molar-refractivity contribution in [3.05, 3.63) is 101 Å². The van der Waals surface area contributed by atoms with E-state index in [4.69, 9.17) is 9.47 Å². The molecule has 0 atom stereocenters. The number of para-hydroxylation sites is 1. The molecule has 1 amide bonds. The number of carbonyl (C=O) groups excluding carboxylic acids is 1. The molecule has 0 aliphatic carbocycles. The normalized spacial score (nSPS) is 11.5. The number of hydrogen-bond acceptors (Lipinski definition) is 6. The Morgan fingerprint density at radius 2 is 1.61 bits per heavy atom. The third-order valence-corrected chi connectivity index (χ3v) is 8.57. The molecule has 41 heavy (non-hydrogen) atoms. The Morgan fingerprint density at radius 3 is 2.24 bits per heavy atom. The Kier molecular flexibility index (Phi) is 8.83. The number of sulfonamides is 1. The molecule has 3 aromatic carbocycles. The molecule has 0 spiro atoms. The van der Waals surface area contributed by atoms with Gasteiger partial charge in [-0.05, 0) is 69.2 Å². The van der Waals surface area contributed by atoms with Crippen molar-refractivity contribution in [2.24, 2.45) is 5.10 Å². The molecule has 0 saturated carbocycles. The molecule has 4 aromatic rings. The van der Waals surface area contributed by atoms with Crippen molar-refractivity contribution in [3.8, 4) is 17.2 Å². The van der Waals surface area contributed by atoms with Gasteiger partial charge in [0.1, 0.15) is 18.0 Å². The molecule has 0 aliphatic rings. The van der Waals surface area contributed by atoms with E-state index in [0.717, 1.165) is 38.1 Å². The summed E-state index contributed by atoms with van der Waals surface area (Å²) in [6.07, 6.45) is 1.56. The van der Waals surface area contributed by atoms with E-state index in [0.29, 0.717) is 5.75 Å². The van der Waals surface area contributed by atoms with Crippen molar-refractivity contribution in [3.63, 3.8) is 0 Å².